The van der Waals surface area contributed by atoms with Crippen LogP contribution in [0.5, 0.6) is 0 Å². The lowest BCUT2D eigenvalue weighted by atomic mass is 10.0. The maximum atomic E-state index is 10.5. The fourth-order valence-corrected chi connectivity index (χ4v) is 2.28. The summed E-state index contributed by atoms with van der Waals surface area (Å²) in [6.07, 6.45) is 1.28. The number of nitro groups is 1. The van der Waals surface area contributed by atoms with Crippen LogP contribution in [0.4, 0.5) is 11.5 Å². The highest BCUT2D eigenvalue weighted by Crippen LogP contribution is 2.63. The normalized spacial score (nSPS) is 20.9. The standard InChI is InChI=1S/C12H17N3O2/c1-11(2)10(12(11,3)4)14-9-6-5-8(7-13-9)15(16)17/h5-7,10H,1-4H3,(H,13,14). The number of aromatic nitrogens is 1. The smallest absolute Gasteiger partial charge is 0.287 e. The van der Waals surface area contributed by atoms with Crippen molar-refractivity contribution in [3.63, 3.8) is 0 Å². The zero-order valence-electron chi connectivity index (χ0n) is 10.5. The van der Waals surface area contributed by atoms with Gasteiger partial charge in [-0.15, -0.1) is 0 Å². The number of hydrogen-bond acceptors (Lipinski definition) is 4. The number of rotatable bonds is 3. The quantitative estimate of drug-likeness (QED) is 0.646. The Morgan fingerprint density at radius 2 is 1.88 bits per heavy atom. The van der Waals surface area contributed by atoms with Crippen LogP contribution in [0, 0.1) is 20.9 Å². The summed E-state index contributed by atoms with van der Waals surface area (Å²) in [5.74, 6) is 0.694. The van der Waals surface area contributed by atoms with Crippen LogP contribution in [0.25, 0.3) is 0 Å². The van der Waals surface area contributed by atoms with Crippen molar-refractivity contribution in [3.05, 3.63) is 28.4 Å². The van der Waals surface area contributed by atoms with Gasteiger partial charge in [-0.1, -0.05) is 27.7 Å². The molecule has 1 fully saturated rings. The van der Waals surface area contributed by atoms with E-state index in [1.165, 1.54) is 12.3 Å². The molecule has 2 rings (SSSR count). The lowest BCUT2D eigenvalue weighted by Gasteiger charge is -2.06. The van der Waals surface area contributed by atoms with Crippen molar-refractivity contribution in [1.82, 2.24) is 4.98 Å². The average molecular weight is 235 g/mol. The molecule has 5 nitrogen and oxygen atoms in total. The molecule has 1 saturated carbocycles. The molecule has 1 aliphatic rings. The first-order chi connectivity index (χ1) is 7.76. The summed E-state index contributed by atoms with van der Waals surface area (Å²) < 4.78 is 0. The number of anilines is 1. The molecular weight excluding hydrogens is 218 g/mol. The van der Waals surface area contributed by atoms with Crippen molar-refractivity contribution in [2.45, 2.75) is 33.7 Å². The van der Waals surface area contributed by atoms with E-state index in [0.29, 0.717) is 11.9 Å². The third kappa shape index (κ3) is 1.75. The van der Waals surface area contributed by atoms with Crippen LogP contribution in [0.3, 0.4) is 0 Å². The van der Waals surface area contributed by atoms with Crippen LogP contribution in [-0.4, -0.2) is 15.9 Å². The molecule has 0 aliphatic heterocycles. The average Bonchev–Trinajstić information content (AvgIpc) is 2.62. The molecule has 1 aliphatic carbocycles. The predicted molar refractivity (Wildman–Crippen MR) is 65.9 cm³/mol. The molecule has 0 spiro atoms. The Kier molecular flexibility index (Phi) is 2.38. The first kappa shape index (κ1) is 11.8. The maximum absolute atomic E-state index is 10.5. The maximum Gasteiger partial charge on any atom is 0.287 e. The lowest BCUT2D eigenvalue weighted by Crippen LogP contribution is -2.11. The van der Waals surface area contributed by atoms with Crippen molar-refractivity contribution >= 4 is 11.5 Å². The van der Waals surface area contributed by atoms with Crippen LogP contribution < -0.4 is 5.32 Å². The molecule has 1 aromatic rings. The molecule has 0 aromatic carbocycles. The summed E-state index contributed by atoms with van der Waals surface area (Å²) in [4.78, 5) is 14.1. The van der Waals surface area contributed by atoms with Gasteiger partial charge in [0.05, 0.1) is 4.92 Å². The second-order valence-electron chi connectivity index (χ2n) is 5.68. The van der Waals surface area contributed by atoms with Gasteiger partial charge < -0.3 is 5.32 Å². The Balaban J connectivity index is 2.09. The minimum atomic E-state index is -0.443. The van der Waals surface area contributed by atoms with Crippen molar-refractivity contribution in [2.24, 2.45) is 10.8 Å². The Hall–Kier alpha value is -1.65. The third-order valence-electron chi connectivity index (χ3n) is 4.27. The highest BCUT2D eigenvalue weighted by Gasteiger charge is 2.65. The molecule has 92 valence electrons. The van der Waals surface area contributed by atoms with E-state index in [1.54, 1.807) is 6.07 Å². The molecule has 0 amide bonds. The Morgan fingerprint density at radius 3 is 2.24 bits per heavy atom. The van der Waals surface area contributed by atoms with Gasteiger partial charge in [0.2, 0.25) is 0 Å². The summed E-state index contributed by atoms with van der Waals surface area (Å²) in [7, 11) is 0. The Labute approximate surface area is 100 Å². The van der Waals surface area contributed by atoms with E-state index in [1.807, 2.05) is 0 Å². The van der Waals surface area contributed by atoms with E-state index in [-0.39, 0.29) is 16.5 Å². The molecule has 0 atom stereocenters. The Bertz CT molecular complexity index is 437. The van der Waals surface area contributed by atoms with Crippen LogP contribution in [0.15, 0.2) is 18.3 Å². The largest absolute Gasteiger partial charge is 0.366 e. The van der Waals surface area contributed by atoms with E-state index in [0.717, 1.165) is 0 Å². The minimum Gasteiger partial charge on any atom is -0.366 e. The van der Waals surface area contributed by atoms with Gasteiger partial charge in [0.25, 0.3) is 5.69 Å². The first-order valence-corrected chi connectivity index (χ1v) is 5.64. The zero-order chi connectivity index (χ0) is 12.8. The monoisotopic (exact) mass is 235 g/mol. The van der Waals surface area contributed by atoms with Crippen molar-refractivity contribution in [1.29, 1.82) is 0 Å². The van der Waals surface area contributed by atoms with Crippen molar-refractivity contribution < 1.29 is 4.92 Å². The summed E-state index contributed by atoms with van der Waals surface area (Å²) in [6, 6.07) is 3.48. The molecule has 0 radical (unpaired) electrons. The molecule has 0 bridgehead atoms. The highest BCUT2D eigenvalue weighted by molar-refractivity contribution is 5.44. The summed E-state index contributed by atoms with van der Waals surface area (Å²) in [6.45, 7) is 8.82. The molecule has 1 N–H and O–H groups in total. The van der Waals surface area contributed by atoms with Gasteiger partial charge in [-0.25, -0.2) is 4.98 Å². The fraction of sp³-hybridized carbons (Fsp3) is 0.583. The lowest BCUT2D eigenvalue weighted by molar-refractivity contribution is -0.385. The summed E-state index contributed by atoms with van der Waals surface area (Å²) in [5, 5.41) is 13.8. The van der Waals surface area contributed by atoms with E-state index < -0.39 is 4.92 Å². The Morgan fingerprint density at radius 1 is 1.29 bits per heavy atom. The van der Waals surface area contributed by atoms with Gasteiger partial charge in [-0.3, -0.25) is 10.1 Å². The number of nitrogens with one attached hydrogen (secondary N) is 1. The minimum absolute atomic E-state index is 0.0184. The van der Waals surface area contributed by atoms with Crippen LogP contribution in [0.2, 0.25) is 0 Å². The second kappa shape index (κ2) is 3.42. The summed E-state index contributed by atoms with van der Waals surface area (Å²) in [5.41, 5.74) is 0.456. The second-order valence-corrected chi connectivity index (χ2v) is 5.68. The van der Waals surface area contributed by atoms with Crippen LogP contribution >= 0.6 is 0 Å². The third-order valence-corrected chi connectivity index (χ3v) is 4.27. The summed E-state index contributed by atoms with van der Waals surface area (Å²) >= 11 is 0. The molecule has 5 heteroatoms. The van der Waals surface area contributed by atoms with E-state index in [4.69, 9.17) is 0 Å². The van der Waals surface area contributed by atoms with Crippen LogP contribution in [0.1, 0.15) is 27.7 Å². The van der Waals surface area contributed by atoms with E-state index >= 15 is 0 Å². The van der Waals surface area contributed by atoms with E-state index in [2.05, 4.69) is 38.0 Å². The molecule has 0 saturated heterocycles. The zero-order valence-corrected chi connectivity index (χ0v) is 10.5. The molecule has 1 heterocycles. The molecule has 0 unspecified atom stereocenters. The SMILES string of the molecule is CC1(C)C(Nc2ccc([N+](=O)[O-])cn2)C1(C)C. The number of nitrogens with zero attached hydrogens (tertiary/aromatic N) is 2. The molecule has 17 heavy (non-hydrogen) atoms. The first-order valence-electron chi connectivity index (χ1n) is 5.64. The topological polar surface area (TPSA) is 68.1 Å². The van der Waals surface area contributed by atoms with Crippen molar-refractivity contribution in [2.75, 3.05) is 5.32 Å². The van der Waals surface area contributed by atoms with Crippen LogP contribution in [-0.2, 0) is 0 Å². The van der Waals surface area contributed by atoms with Gasteiger partial charge in [0, 0.05) is 12.1 Å². The van der Waals surface area contributed by atoms with Gasteiger partial charge in [-0.2, -0.15) is 0 Å². The fourth-order valence-electron chi connectivity index (χ4n) is 2.28. The molecular formula is C12H17N3O2. The molecule has 1 aromatic heterocycles. The van der Waals surface area contributed by atoms with Gasteiger partial charge >= 0.3 is 0 Å². The van der Waals surface area contributed by atoms with Crippen molar-refractivity contribution in [3.8, 4) is 0 Å². The highest BCUT2D eigenvalue weighted by atomic mass is 16.6. The van der Waals surface area contributed by atoms with E-state index in [9.17, 15) is 10.1 Å². The van der Waals surface area contributed by atoms with Gasteiger partial charge in [0.1, 0.15) is 12.0 Å². The van der Waals surface area contributed by atoms with Gasteiger partial charge in [0.15, 0.2) is 0 Å². The predicted octanol–water partition coefficient (Wildman–Crippen LogP) is 2.84. The number of hydrogen-bond donors (Lipinski definition) is 1. The number of pyridine rings is 1. The van der Waals surface area contributed by atoms with Gasteiger partial charge in [-0.05, 0) is 16.9 Å².